The van der Waals surface area contributed by atoms with Crippen LogP contribution in [0.15, 0.2) is 49.2 Å². The number of nitrogens with zero attached hydrogens (tertiary/aromatic N) is 2. The molecule has 0 saturated carbocycles. The normalized spacial score (nSPS) is 15.0. The van der Waals surface area contributed by atoms with E-state index in [0.717, 1.165) is 18.1 Å². The molecule has 0 bridgehead atoms. The van der Waals surface area contributed by atoms with Crippen LogP contribution in [0.2, 0.25) is 0 Å². The lowest BCUT2D eigenvalue weighted by atomic mass is 10.2. The largest absolute Gasteiger partial charge is 0.485 e. The molecule has 0 atom stereocenters. The van der Waals surface area contributed by atoms with Gasteiger partial charge in [0.05, 0.1) is 24.9 Å². The Morgan fingerprint density at radius 2 is 1.89 bits per heavy atom. The summed E-state index contributed by atoms with van der Waals surface area (Å²) in [6.45, 7) is 1.49. The Hall–Kier alpha value is -3.17. The first-order valence-electron chi connectivity index (χ1n) is 8.32. The van der Waals surface area contributed by atoms with Gasteiger partial charge in [-0.2, -0.15) is 18.3 Å². The summed E-state index contributed by atoms with van der Waals surface area (Å²) in [7, 11) is 0. The molecule has 1 aromatic carbocycles. The molecule has 0 radical (unpaired) electrons. The fourth-order valence-corrected chi connectivity index (χ4v) is 2.41. The third kappa shape index (κ3) is 4.21. The van der Waals surface area contributed by atoms with E-state index in [-0.39, 0.29) is 12.4 Å². The van der Waals surface area contributed by atoms with Gasteiger partial charge >= 0.3 is 17.9 Å². The molecule has 1 aromatic heterocycles. The molecule has 0 unspecified atom stereocenters. The number of alkyl halides is 3. The van der Waals surface area contributed by atoms with Crippen LogP contribution >= 0.6 is 0 Å². The minimum Gasteiger partial charge on any atom is -0.485 e. The molecule has 10 heteroatoms. The van der Waals surface area contributed by atoms with Crippen LogP contribution in [0.25, 0.3) is 0 Å². The zero-order chi connectivity index (χ0) is 20.2. The molecule has 28 heavy (non-hydrogen) atoms. The van der Waals surface area contributed by atoms with Gasteiger partial charge in [0.1, 0.15) is 18.3 Å². The summed E-state index contributed by atoms with van der Waals surface area (Å²) in [4.78, 5) is 11.6. The van der Waals surface area contributed by atoms with Gasteiger partial charge in [-0.05, 0) is 24.6 Å². The van der Waals surface area contributed by atoms with Gasteiger partial charge in [0.2, 0.25) is 0 Å². The predicted molar refractivity (Wildman–Crippen MR) is 89.3 cm³/mol. The van der Waals surface area contributed by atoms with Gasteiger partial charge in [-0.3, -0.25) is 4.68 Å². The standard InChI is InChI=1S/C18H17F3N2O5/c1-2-25-16(24)14-9-22-23(11-14)10-13-3-5-15(6-4-13)26-12-17(18(19,20)21)27-7-8-28-17/h3-9,11H,2,10,12H2,1H3. The van der Waals surface area contributed by atoms with Crippen molar-refractivity contribution >= 4 is 5.97 Å². The molecule has 1 aliphatic heterocycles. The average molecular weight is 398 g/mol. The number of hydrogen-bond donors (Lipinski definition) is 0. The van der Waals surface area contributed by atoms with Crippen molar-refractivity contribution in [1.82, 2.24) is 9.78 Å². The molecule has 0 N–H and O–H groups in total. The molecule has 150 valence electrons. The summed E-state index contributed by atoms with van der Waals surface area (Å²) in [5.74, 6) is -3.08. The minimum atomic E-state index is -4.76. The fraction of sp³-hybridized carbons (Fsp3) is 0.333. The van der Waals surface area contributed by atoms with Crippen molar-refractivity contribution in [1.29, 1.82) is 0 Å². The maximum absolute atomic E-state index is 13.1. The molecule has 2 heterocycles. The van der Waals surface area contributed by atoms with Crippen LogP contribution in [0.4, 0.5) is 13.2 Å². The topological polar surface area (TPSA) is 71.8 Å². The molecule has 0 saturated heterocycles. The number of aromatic nitrogens is 2. The Morgan fingerprint density at radius 1 is 1.21 bits per heavy atom. The molecular weight excluding hydrogens is 381 g/mol. The van der Waals surface area contributed by atoms with Crippen molar-refractivity contribution in [2.75, 3.05) is 13.2 Å². The van der Waals surface area contributed by atoms with E-state index < -0.39 is 24.5 Å². The smallest absolute Gasteiger partial charge is 0.471 e. The number of rotatable bonds is 7. The third-order valence-electron chi connectivity index (χ3n) is 3.85. The van der Waals surface area contributed by atoms with Gasteiger partial charge in [-0.25, -0.2) is 4.79 Å². The number of benzene rings is 1. The molecule has 0 amide bonds. The second-order valence-corrected chi connectivity index (χ2v) is 5.84. The first-order valence-corrected chi connectivity index (χ1v) is 8.32. The molecule has 0 fully saturated rings. The van der Waals surface area contributed by atoms with Crippen molar-refractivity contribution in [3.05, 3.63) is 60.3 Å². The molecule has 3 rings (SSSR count). The van der Waals surface area contributed by atoms with Gasteiger partial charge in [0.25, 0.3) is 0 Å². The van der Waals surface area contributed by atoms with Gasteiger partial charge in [0, 0.05) is 6.20 Å². The maximum atomic E-state index is 13.1. The van der Waals surface area contributed by atoms with Crippen LogP contribution < -0.4 is 4.74 Å². The predicted octanol–water partition coefficient (Wildman–Crippen LogP) is 3.26. The Labute approximate surface area is 158 Å². The van der Waals surface area contributed by atoms with E-state index in [1.165, 1.54) is 18.3 Å². The number of carbonyl (C=O) groups excluding carboxylic acids is 1. The van der Waals surface area contributed by atoms with E-state index in [4.69, 9.17) is 9.47 Å². The Balaban J connectivity index is 1.59. The molecule has 2 aromatic rings. The van der Waals surface area contributed by atoms with Gasteiger partial charge < -0.3 is 18.9 Å². The molecular formula is C18H17F3N2O5. The highest BCUT2D eigenvalue weighted by Crippen LogP contribution is 2.38. The van der Waals surface area contributed by atoms with E-state index in [1.807, 2.05) is 0 Å². The highest BCUT2D eigenvalue weighted by Gasteiger charge is 2.62. The molecule has 0 spiro atoms. The zero-order valence-electron chi connectivity index (χ0n) is 14.8. The first kappa shape index (κ1) is 19.6. The second kappa shape index (κ2) is 7.83. The third-order valence-corrected chi connectivity index (χ3v) is 3.85. The van der Waals surface area contributed by atoms with Crippen molar-refractivity contribution in [2.24, 2.45) is 0 Å². The Bertz CT molecular complexity index is 838. The summed E-state index contributed by atoms with van der Waals surface area (Å²) in [5.41, 5.74) is 1.15. The van der Waals surface area contributed by atoms with E-state index in [2.05, 4.69) is 14.6 Å². The lowest BCUT2D eigenvalue weighted by Crippen LogP contribution is -2.51. The highest BCUT2D eigenvalue weighted by molar-refractivity contribution is 5.88. The summed E-state index contributed by atoms with van der Waals surface area (Å²) < 4.78 is 60.1. The van der Waals surface area contributed by atoms with Crippen LogP contribution in [0.5, 0.6) is 5.75 Å². The SMILES string of the molecule is CCOC(=O)c1cnn(Cc2ccc(OCC3(C(F)(F)F)OC=CO3)cc2)c1. The van der Waals surface area contributed by atoms with Gasteiger partial charge in [0.15, 0.2) is 6.61 Å². The zero-order valence-corrected chi connectivity index (χ0v) is 14.8. The van der Waals surface area contributed by atoms with Crippen molar-refractivity contribution in [2.45, 2.75) is 25.4 Å². The van der Waals surface area contributed by atoms with Crippen LogP contribution in [0.1, 0.15) is 22.8 Å². The quantitative estimate of drug-likeness (QED) is 0.667. The highest BCUT2D eigenvalue weighted by atomic mass is 19.4. The number of carbonyl (C=O) groups is 1. The monoisotopic (exact) mass is 398 g/mol. The van der Waals surface area contributed by atoms with Gasteiger partial charge in [-0.15, -0.1) is 0 Å². The summed E-state index contributed by atoms with van der Waals surface area (Å²) in [5, 5.41) is 4.08. The minimum absolute atomic E-state index is 0.221. The van der Waals surface area contributed by atoms with Crippen LogP contribution in [0.3, 0.4) is 0 Å². The summed E-state index contributed by atoms with van der Waals surface area (Å²) in [6, 6.07) is 6.40. The first-order chi connectivity index (χ1) is 13.3. The Morgan fingerprint density at radius 3 is 2.50 bits per heavy atom. The van der Waals surface area contributed by atoms with Crippen LogP contribution in [-0.4, -0.2) is 40.9 Å². The summed E-state index contributed by atoms with van der Waals surface area (Å²) in [6.07, 6.45) is -0.144. The molecule has 0 aliphatic carbocycles. The molecule has 7 nitrogen and oxygen atoms in total. The van der Waals surface area contributed by atoms with Crippen LogP contribution in [0, 0.1) is 0 Å². The lowest BCUT2D eigenvalue weighted by molar-refractivity contribution is -0.343. The van der Waals surface area contributed by atoms with E-state index >= 15 is 0 Å². The number of halogens is 3. The summed E-state index contributed by atoms with van der Waals surface area (Å²) >= 11 is 0. The average Bonchev–Trinajstić information content (AvgIpc) is 3.31. The second-order valence-electron chi connectivity index (χ2n) is 5.84. The molecule has 1 aliphatic rings. The lowest BCUT2D eigenvalue weighted by Gasteiger charge is -2.29. The number of hydrogen-bond acceptors (Lipinski definition) is 6. The van der Waals surface area contributed by atoms with Gasteiger partial charge in [-0.1, -0.05) is 12.1 Å². The fourth-order valence-electron chi connectivity index (χ4n) is 2.41. The van der Waals surface area contributed by atoms with Crippen molar-refractivity contribution in [3.63, 3.8) is 0 Å². The number of esters is 1. The van der Waals surface area contributed by atoms with E-state index in [1.54, 1.807) is 29.9 Å². The van der Waals surface area contributed by atoms with Crippen molar-refractivity contribution < 1.29 is 36.9 Å². The maximum Gasteiger partial charge on any atom is 0.471 e. The van der Waals surface area contributed by atoms with Crippen molar-refractivity contribution in [3.8, 4) is 5.75 Å². The van der Waals surface area contributed by atoms with E-state index in [0.29, 0.717) is 12.1 Å². The van der Waals surface area contributed by atoms with Crippen LogP contribution in [-0.2, 0) is 20.8 Å². The van der Waals surface area contributed by atoms with E-state index in [9.17, 15) is 18.0 Å². The Kier molecular flexibility index (Phi) is 5.48. The number of ether oxygens (including phenoxy) is 4.